The average molecular weight is 381 g/mol. The van der Waals surface area contributed by atoms with Gasteiger partial charge >= 0.3 is 0 Å². The maximum absolute atomic E-state index is 12.5. The fourth-order valence-corrected chi connectivity index (χ4v) is 2.83. The van der Waals surface area contributed by atoms with Crippen LogP contribution in [0.1, 0.15) is 41.5 Å². The summed E-state index contributed by atoms with van der Waals surface area (Å²) in [5.41, 5.74) is 1.76. The third-order valence-electron chi connectivity index (χ3n) is 4.60. The predicted octanol–water partition coefficient (Wildman–Crippen LogP) is 3.97. The van der Waals surface area contributed by atoms with Crippen molar-refractivity contribution in [3.8, 4) is 11.5 Å². The molecular formula is C21H23N3O4. The lowest BCUT2D eigenvalue weighted by Gasteiger charge is -2.21. The normalized spacial score (nSPS) is 11.2. The average Bonchev–Trinajstić information content (AvgIpc) is 3.15. The molecule has 3 aromatic rings. The summed E-state index contributed by atoms with van der Waals surface area (Å²) in [6.45, 7) is 5.81. The molecule has 7 heteroatoms. The molecule has 0 unspecified atom stereocenters. The van der Waals surface area contributed by atoms with Crippen LogP contribution < -0.4 is 14.8 Å². The number of ether oxygens (including phenoxy) is 2. The fourth-order valence-electron chi connectivity index (χ4n) is 2.83. The SMILES string of the molecule is COc1ccc(C(=O)Nc2ccc(C(C)(C)c3noc(C)n3)cc2)cc1OC. The van der Waals surface area contributed by atoms with E-state index in [1.807, 2.05) is 38.1 Å². The van der Waals surface area contributed by atoms with Crippen LogP contribution in [0, 0.1) is 6.92 Å². The summed E-state index contributed by atoms with van der Waals surface area (Å²) in [6, 6.07) is 12.6. The first-order chi connectivity index (χ1) is 13.3. The van der Waals surface area contributed by atoms with Gasteiger partial charge in [0.15, 0.2) is 17.3 Å². The van der Waals surface area contributed by atoms with E-state index in [-0.39, 0.29) is 5.91 Å². The number of nitrogens with one attached hydrogen (secondary N) is 1. The van der Waals surface area contributed by atoms with Crippen LogP contribution in [0.15, 0.2) is 47.0 Å². The Morgan fingerprint density at radius 3 is 2.29 bits per heavy atom. The van der Waals surface area contributed by atoms with Crippen LogP contribution in [0.4, 0.5) is 5.69 Å². The molecule has 0 saturated heterocycles. The monoisotopic (exact) mass is 381 g/mol. The van der Waals surface area contributed by atoms with E-state index in [9.17, 15) is 4.79 Å². The summed E-state index contributed by atoms with van der Waals surface area (Å²) in [6.07, 6.45) is 0. The smallest absolute Gasteiger partial charge is 0.255 e. The Kier molecular flexibility index (Phi) is 5.35. The number of nitrogens with zero attached hydrogens (tertiary/aromatic N) is 2. The van der Waals surface area contributed by atoms with Gasteiger partial charge in [0.1, 0.15) is 0 Å². The van der Waals surface area contributed by atoms with Crippen molar-refractivity contribution < 1.29 is 18.8 Å². The molecular weight excluding hydrogens is 358 g/mol. The number of carbonyl (C=O) groups is 1. The Morgan fingerprint density at radius 2 is 1.71 bits per heavy atom. The molecule has 28 heavy (non-hydrogen) atoms. The van der Waals surface area contributed by atoms with Crippen molar-refractivity contribution in [3.63, 3.8) is 0 Å². The summed E-state index contributed by atoms with van der Waals surface area (Å²) in [7, 11) is 3.09. The molecule has 0 bridgehead atoms. The highest BCUT2D eigenvalue weighted by atomic mass is 16.5. The number of methoxy groups -OCH3 is 2. The molecule has 0 radical (unpaired) electrons. The summed E-state index contributed by atoms with van der Waals surface area (Å²) < 4.78 is 15.5. The molecule has 0 spiro atoms. The van der Waals surface area contributed by atoms with Gasteiger partial charge in [-0.1, -0.05) is 17.3 Å². The van der Waals surface area contributed by atoms with E-state index in [4.69, 9.17) is 14.0 Å². The van der Waals surface area contributed by atoms with Gasteiger partial charge in [-0.25, -0.2) is 0 Å². The molecule has 7 nitrogen and oxygen atoms in total. The van der Waals surface area contributed by atoms with E-state index in [2.05, 4.69) is 15.5 Å². The minimum atomic E-state index is -0.413. The second kappa shape index (κ2) is 7.72. The topological polar surface area (TPSA) is 86.5 Å². The lowest BCUT2D eigenvalue weighted by Crippen LogP contribution is -2.21. The molecule has 0 aliphatic rings. The van der Waals surface area contributed by atoms with Crippen molar-refractivity contribution in [3.05, 3.63) is 65.3 Å². The second-order valence-corrected chi connectivity index (χ2v) is 6.86. The molecule has 0 atom stereocenters. The van der Waals surface area contributed by atoms with Crippen LogP contribution in [0.3, 0.4) is 0 Å². The quantitative estimate of drug-likeness (QED) is 0.695. The van der Waals surface area contributed by atoms with Crippen molar-refractivity contribution in [1.82, 2.24) is 10.1 Å². The van der Waals surface area contributed by atoms with Crippen LogP contribution in [-0.4, -0.2) is 30.3 Å². The number of amides is 1. The van der Waals surface area contributed by atoms with Gasteiger partial charge in [0.05, 0.1) is 19.6 Å². The van der Waals surface area contributed by atoms with Gasteiger partial charge in [0.25, 0.3) is 5.91 Å². The Morgan fingerprint density at radius 1 is 1.04 bits per heavy atom. The number of anilines is 1. The molecule has 2 aromatic carbocycles. The Hall–Kier alpha value is -3.35. The zero-order valence-corrected chi connectivity index (χ0v) is 16.6. The molecule has 146 valence electrons. The lowest BCUT2D eigenvalue weighted by molar-refractivity contribution is 0.102. The van der Waals surface area contributed by atoms with Gasteiger partial charge in [0.2, 0.25) is 5.89 Å². The lowest BCUT2D eigenvalue weighted by atomic mass is 9.84. The van der Waals surface area contributed by atoms with E-state index in [0.717, 1.165) is 5.56 Å². The maximum Gasteiger partial charge on any atom is 0.255 e. The minimum Gasteiger partial charge on any atom is -0.493 e. The number of hydrogen-bond acceptors (Lipinski definition) is 6. The first-order valence-electron chi connectivity index (χ1n) is 8.80. The largest absolute Gasteiger partial charge is 0.493 e. The molecule has 0 aliphatic heterocycles. The summed E-state index contributed by atoms with van der Waals surface area (Å²) >= 11 is 0. The Bertz CT molecular complexity index is 978. The number of carbonyl (C=O) groups excluding carboxylic acids is 1. The maximum atomic E-state index is 12.5. The molecule has 1 N–H and O–H groups in total. The highest BCUT2D eigenvalue weighted by Crippen LogP contribution is 2.31. The van der Waals surface area contributed by atoms with E-state index in [1.54, 1.807) is 32.2 Å². The third-order valence-corrected chi connectivity index (χ3v) is 4.60. The Balaban J connectivity index is 1.76. The van der Waals surface area contributed by atoms with Crippen molar-refractivity contribution in [1.29, 1.82) is 0 Å². The highest BCUT2D eigenvalue weighted by Gasteiger charge is 2.28. The fraction of sp³-hybridized carbons (Fsp3) is 0.286. The number of benzene rings is 2. The summed E-state index contributed by atoms with van der Waals surface area (Å²) in [5, 5.41) is 6.91. The van der Waals surface area contributed by atoms with Crippen molar-refractivity contribution in [2.24, 2.45) is 0 Å². The zero-order chi connectivity index (χ0) is 20.3. The van der Waals surface area contributed by atoms with Gasteiger partial charge in [-0.2, -0.15) is 4.98 Å². The molecule has 0 aliphatic carbocycles. The van der Waals surface area contributed by atoms with Gasteiger partial charge in [-0.15, -0.1) is 0 Å². The van der Waals surface area contributed by atoms with Gasteiger partial charge < -0.3 is 19.3 Å². The first kappa shape index (κ1) is 19.4. The summed E-state index contributed by atoms with van der Waals surface area (Å²) in [4.78, 5) is 16.9. The molecule has 0 saturated carbocycles. The van der Waals surface area contributed by atoms with E-state index in [0.29, 0.717) is 34.5 Å². The molecule has 3 rings (SSSR count). The molecule has 1 amide bonds. The minimum absolute atomic E-state index is 0.234. The third kappa shape index (κ3) is 3.83. The standard InChI is InChI=1S/C21H23N3O4/c1-13-22-20(24-28-13)21(2,3)15-7-9-16(10-8-15)23-19(25)14-6-11-17(26-4)18(12-14)27-5/h6-12H,1-5H3,(H,23,25). The van der Waals surface area contributed by atoms with Gasteiger partial charge in [0, 0.05) is 18.2 Å². The van der Waals surface area contributed by atoms with E-state index < -0.39 is 5.41 Å². The van der Waals surface area contributed by atoms with Gasteiger partial charge in [-0.05, 0) is 49.7 Å². The molecule has 1 aromatic heterocycles. The second-order valence-electron chi connectivity index (χ2n) is 6.86. The van der Waals surface area contributed by atoms with Crippen LogP contribution in [0.5, 0.6) is 11.5 Å². The van der Waals surface area contributed by atoms with Crippen molar-refractivity contribution in [2.45, 2.75) is 26.2 Å². The van der Waals surface area contributed by atoms with Crippen LogP contribution in [0.25, 0.3) is 0 Å². The van der Waals surface area contributed by atoms with Crippen LogP contribution in [-0.2, 0) is 5.41 Å². The van der Waals surface area contributed by atoms with Crippen LogP contribution >= 0.6 is 0 Å². The molecule has 1 heterocycles. The number of hydrogen-bond donors (Lipinski definition) is 1. The Labute approximate surface area is 163 Å². The number of rotatable bonds is 6. The highest BCUT2D eigenvalue weighted by molar-refractivity contribution is 6.04. The van der Waals surface area contributed by atoms with Crippen LogP contribution in [0.2, 0.25) is 0 Å². The number of aromatic nitrogens is 2. The summed E-state index contributed by atoms with van der Waals surface area (Å²) in [5.74, 6) is 1.99. The van der Waals surface area contributed by atoms with Crippen molar-refractivity contribution in [2.75, 3.05) is 19.5 Å². The number of aryl methyl sites for hydroxylation is 1. The first-order valence-corrected chi connectivity index (χ1v) is 8.80. The van der Waals surface area contributed by atoms with Crippen molar-refractivity contribution >= 4 is 11.6 Å². The predicted molar refractivity (Wildman–Crippen MR) is 105 cm³/mol. The van der Waals surface area contributed by atoms with E-state index >= 15 is 0 Å². The van der Waals surface area contributed by atoms with E-state index in [1.165, 1.54) is 7.11 Å². The molecule has 0 fully saturated rings. The van der Waals surface area contributed by atoms with Gasteiger partial charge in [-0.3, -0.25) is 4.79 Å². The zero-order valence-electron chi connectivity index (χ0n) is 16.6.